The molecule has 8 nitrogen and oxygen atoms in total. The molecule has 0 radical (unpaired) electrons. The van der Waals surface area contributed by atoms with E-state index in [1.54, 1.807) is 0 Å². The number of carbonyl (C=O) groups excluding carboxylic acids is 1. The van der Waals surface area contributed by atoms with Crippen LogP contribution < -0.4 is 10.2 Å². The predicted octanol–water partition coefficient (Wildman–Crippen LogP) is 17.8. The third-order valence-electron chi connectivity index (χ3n) is 14.3. The van der Waals surface area contributed by atoms with E-state index in [-0.39, 0.29) is 19.1 Å². The van der Waals surface area contributed by atoms with E-state index >= 15 is 0 Å². The minimum absolute atomic E-state index is 0.0163. The van der Waals surface area contributed by atoms with Gasteiger partial charge in [-0.1, -0.05) is 303 Å². The van der Waals surface area contributed by atoms with Crippen LogP contribution in [0.4, 0.5) is 0 Å². The molecule has 0 fully saturated rings. The van der Waals surface area contributed by atoms with E-state index in [0.717, 1.165) is 38.5 Å². The number of likely N-dealkylation sites (N-methyl/N-ethyl adjacent to an activating group) is 1. The molecule has 0 aliphatic rings. The van der Waals surface area contributed by atoms with E-state index in [1.165, 1.54) is 257 Å². The second kappa shape index (κ2) is 51.4. The Kier molecular flexibility index (Phi) is 51.0. The van der Waals surface area contributed by atoms with Crippen molar-refractivity contribution in [3.05, 3.63) is 0 Å². The first-order chi connectivity index (χ1) is 33.0. The number of unbranched alkanes of at least 4 members (excludes halogenated alkanes) is 44. The Morgan fingerprint density at radius 2 is 0.721 bits per heavy atom. The van der Waals surface area contributed by atoms with Gasteiger partial charge in [0.1, 0.15) is 13.2 Å². The van der Waals surface area contributed by atoms with Crippen molar-refractivity contribution < 1.29 is 32.9 Å². The minimum atomic E-state index is -4.56. The van der Waals surface area contributed by atoms with Crippen LogP contribution in [0.25, 0.3) is 0 Å². The Bertz CT molecular complexity index is 1070. The largest absolute Gasteiger partial charge is 0.756 e. The maximum atomic E-state index is 13.0. The van der Waals surface area contributed by atoms with Gasteiger partial charge < -0.3 is 28.8 Å². The number of aliphatic hydroxyl groups is 1. The van der Waals surface area contributed by atoms with Crippen LogP contribution in [0.15, 0.2) is 0 Å². The molecule has 0 spiro atoms. The molecule has 0 aromatic carbocycles. The van der Waals surface area contributed by atoms with Crippen LogP contribution in [-0.2, 0) is 18.4 Å². The second-order valence-corrected chi connectivity index (χ2v) is 23.8. The number of hydrogen-bond acceptors (Lipinski definition) is 6. The summed E-state index contributed by atoms with van der Waals surface area (Å²) in [5, 5.41) is 14.0. The highest BCUT2D eigenvalue weighted by Gasteiger charge is 2.24. The van der Waals surface area contributed by atoms with Crippen LogP contribution in [0.3, 0.4) is 0 Å². The zero-order chi connectivity index (χ0) is 49.9. The lowest BCUT2D eigenvalue weighted by molar-refractivity contribution is -0.870. The molecule has 9 heteroatoms. The van der Waals surface area contributed by atoms with Crippen molar-refractivity contribution in [2.75, 3.05) is 40.9 Å². The van der Waals surface area contributed by atoms with Crippen LogP contribution in [0.5, 0.6) is 0 Å². The van der Waals surface area contributed by atoms with Gasteiger partial charge in [-0.25, -0.2) is 0 Å². The number of nitrogens with one attached hydrogen (secondary N) is 1. The standard InChI is InChI=1S/C59H121N2O6P/c1-6-8-10-12-14-16-18-20-21-22-23-24-25-26-27-28-29-30-31-32-33-34-35-36-37-38-39-40-41-43-45-47-49-51-53-59(63)60-57(56-67-68(64,65)66-55-54-61(3,4)5)58(62)52-50-48-46-44-42-19-17-15-13-11-9-7-2/h57-58,62H,6-56H2,1-5H3,(H-,60,63,64,65). The number of hydrogen-bond donors (Lipinski definition) is 2. The molecule has 0 bridgehead atoms. The first-order valence-corrected chi connectivity index (χ1v) is 31.8. The van der Waals surface area contributed by atoms with Gasteiger partial charge >= 0.3 is 0 Å². The van der Waals surface area contributed by atoms with E-state index in [9.17, 15) is 19.4 Å². The lowest BCUT2D eigenvalue weighted by Crippen LogP contribution is -2.46. The Morgan fingerprint density at radius 1 is 0.456 bits per heavy atom. The summed E-state index contributed by atoms with van der Waals surface area (Å²) in [6.45, 7) is 4.76. The maximum absolute atomic E-state index is 13.0. The number of phosphoric ester groups is 1. The number of aliphatic hydroxyl groups excluding tert-OH is 1. The van der Waals surface area contributed by atoms with Gasteiger partial charge in [-0.3, -0.25) is 9.36 Å². The quantitative estimate of drug-likeness (QED) is 0.0357. The van der Waals surface area contributed by atoms with Crippen molar-refractivity contribution >= 4 is 13.7 Å². The Morgan fingerprint density at radius 3 is 1.00 bits per heavy atom. The third kappa shape index (κ3) is 53.3. The van der Waals surface area contributed by atoms with Gasteiger partial charge in [-0.05, 0) is 12.8 Å². The molecule has 0 saturated carbocycles. The molecular formula is C59H121N2O6P. The molecule has 0 aliphatic carbocycles. The molecule has 0 aliphatic heterocycles. The molecular weight excluding hydrogens is 864 g/mol. The number of quaternary nitrogens is 1. The van der Waals surface area contributed by atoms with Gasteiger partial charge in [-0.2, -0.15) is 0 Å². The van der Waals surface area contributed by atoms with Crippen molar-refractivity contribution in [3.8, 4) is 0 Å². The van der Waals surface area contributed by atoms with Crippen LogP contribution in [0.1, 0.15) is 322 Å². The number of carbonyl (C=O) groups is 1. The monoisotopic (exact) mass is 985 g/mol. The molecule has 0 saturated heterocycles. The van der Waals surface area contributed by atoms with Gasteiger partial charge in [0.05, 0.1) is 39.9 Å². The van der Waals surface area contributed by atoms with Crippen molar-refractivity contribution in [1.82, 2.24) is 5.32 Å². The average Bonchev–Trinajstić information content (AvgIpc) is 3.30. The van der Waals surface area contributed by atoms with E-state index in [1.807, 2.05) is 21.1 Å². The molecule has 3 unspecified atom stereocenters. The van der Waals surface area contributed by atoms with E-state index in [0.29, 0.717) is 23.9 Å². The fourth-order valence-electron chi connectivity index (χ4n) is 9.57. The second-order valence-electron chi connectivity index (χ2n) is 22.4. The van der Waals surface area contributed by atoms with Crippen LogP contribution in [0, 0.1) is 0 Å². The topological polar surface area (TPSA) is 108 Å². The van der Waals surface area contributed by atoms with Crippen LogP contribution in [0.2, 0.25) is 0 Å². The lowest BCUT2D eigenvalue weighted by atomic mass is 10.0. The van der Waals surface area contributed by atoms with Crippen LogP contribution >= 0.6 is 7.82 Å². The fraction of sp³-hybridized carbons (Fsp3) is 0.983. The molecule has 0 aromatic heterocycles. The normalized spacial score (nSPS) is 13.8. The van der Waals surface area contributed by atoms with Gasteiger partial charge in [0.2, 0.25) is 5.91 Å². The maximum Gasteiger partial charge on any atom is 0.268 e. The van der Waals surface area contributed by atoms with E-state index < -0.39 is 20.0 Å². The number of phosphoric acid groups is 1. The SMILES string of the molecule is CCCCCCCCCCCCCCCCCCCCCCCCCCCCCCCCCCCCC(=O)NC(COP(=O)([O-])OCC[N+](C)(C)C)C(O)CCCCCCCCCCCCCC. The summed E-state index contributed by atoms with van der Waals surface area (Å²) in [5.41, 5.74) is 0. The molecule has 0 aromatic rings. The number of rotatable bonds is 57. The molecule has 408 valence electrons. The summed E-state index contributed by atoms with van der Waals surface area (Å²) in [7, 11) is 1.32. The van der Waals surface area contributed by atoms with Crippen molar-refractivity contribution in [3.63, 3.8) is 0 Å². The summed E-state index contributed by atoms with van der Waals surface area (Å²) in [5.74, 6) is -0.157. The first-order valence-electron chi connectivity index (χ1n) is 30.4. The summed E-state index contributed by atoms with van der Waals surface area (Å²) in [6, 6.07) is -0.794. The minimum Gasteiger partial charge on any atom is -0.756 e. The lowest BCUT2D eigenvalue weighted by Gasteiger charge is -2.30. The molecule has 0 heterocycles. The highest BCUT2D eigenvalue weighted by atomic mass is 31.2. The Labute approximate surface area is 425 Å². The fourth-order valence-corrected chi connectivity index (χ4v) is 10.3. The smallest absolute Gasteiger partial charge is 0.268 e. The first kappa shape index (κ1) is 67.5. The predicted molar refractivity (Wildman–Crippen MR) is 293 cm³/mol. The summed E-state index contributed by atoms with van der Waals surface area (Å²) < 4.78 is 23.4. The van der Waals surface area contributed by atoms with Gasteiger partial charge in [0.25, 0.3) is 7.82 Å². The summed E-state index contributed by atoms with van der Waals surface area (Å²) >= 11 is 0. The van der Waals surface area contributed by atoms with E-state index in [2.05, 4.69) is 19.2 Å². The van der Waals surface area contributed by atoms with Gasteiger partial charge in [0, 0.05) is 6.42 Å². The van der Waals surface area contributed by atoms with E-state index in [4.69, 9.17) is 9.05 Å². The average molecular weight is 986 g/mol. The summed E-state index contributed by atoms with van der Waals surface area (Å²) in [4.78, 5) is 25.5. The molecule has 3 atom stereocenters. The molecule has 2 N–H and O–H groups in total. The Hall–Kier alpha value is -0.500. The molecule has 1 amide bonds. The molecule has 0 rings (SSSR count). The van der Waals surface area contributed by atoms with Crippen molar-refractivity contribution in [2.45, 2.75) is 334 Å². The zero-order valence-corrected chi connectivity index (χ0v) is 47.5. The zero-order valence-electron chi connectivity index (χ0n) is 46.6. The van der Waals surface area contributed by atoms with Gasteiger partial charge in [0.15, 0.2) is 0 Å². The highest BCUT2D eigenvalue weighted by Crippen LogP contribution is 2.38. The third-order valence-corrected chi connectivity index (χ3v) is 15.3. The van der Waals surface area contributed by atoms with Crippen molar-refractivity contribution in [1.29, 1.82) is 0 Å². The number of nitrogens with zero attached hydrogens (tertiary/aromatic N) is 1. The number of amides is 1. The Balaban J connectivity index is 3.87. The summed E-state index contributed by atoms with van der Waals surface area (Å²) in [6.07, 6.45) is 61.7. The highest BCUT2D eigenvalue weighted by molar-refractivity contribution is 7.45. The van der Waals surface area contributed by atoms with Crippen LogP contribution in [-0.4, -0.2) is 68.5 Å². The van der Waals surface area contributed by atoms with Crippen molar-refractivity contribution in [2.24, 2.45) is 0 Å². The van der Waals surface area contributed by atoms with Gasteiger partial charge in [-0.15, -0.1) is 0 Å². The molecule has 68 heavy (non-hydrogen) atoms.